The minimum Gasteiger partial charge on any atom is -0.480 e. The summed E-state index contributed by atoms with van der Waals surface area (Å²) in [6, 6.07) is 5.58. The van der Waals surface area contributed by atoms with Crippen molar-refractivity contribution in [3.63, 3.8) is 0 Å². The monoisotopic (exact) mass is 265 g/mol. The van der Waals surface area contributed by atoms with Crippen LogP contribution in [0.15, 0.2) is 18.2 Å². The lowest BCUT2D eigenvalue weighted by molar-refractivity contribution is -0.142. The summed E-state index contributed by atoms with van der Waals surface area (Å²) in [5.74, 6) is -2.06. The fraction of sp³-hybridized carbons (Fsp3) is 0.429. The fourth-order valence-corrected chi connectivity index (χ4v) is 1.91. The van der Waals surface area contributed by atoms with E-state index in [2.05, 4.69) is 0 Å². The van der Waals surface area contributed by atoms with E-state index in [0.29, 0.717) is 0 Å². The molecule has 104 valence electrons. The summed E-state index contributed by atoms with van der Waals surface area (Å²) >= 11 is 0. The molecule has 1 aromatic carbocycles. The van der Waals surface area contributed by atoms with Crippen LogP contribution in [0.1, 0.15) is 29.7 Å². The molecule has 0 aliphatic carbocycles. The number of aryl methyl sites for hydroxylation is 2. The molecule has 5 heteroatoms. The highest BCUT2D eigenvalue weighted by molar-refractivity contribution is 5.72. The average Bonchev–Trinajstić information content (AvgIpc) is 2.29. The lowest BCUT2D eigenvalue weighted by Gasteiger charge is -2.26. The highest BCUT2D eigenvalue weighted by Gasteiger charge is 2.21. The van der Waals surface area contributed by atoms with Crippen molar-refractivity contribution in [2.45, 2.75) is 26.8 Å². The van der Waals surface area contributed by atoms with Crippen molar-refractivity contribution in [1.29, 1.82) is 0 Å². The largest absolute Gasteiger partial charge is 0.480 e. The Labute approximate surface area is 112 Å². The van der Waals surface area contributed by atoms with Gasteiger partial charge in [0.2, 0.25) is 0 Å². The van der Waals surface area contributed by atoms with E-state index in [-0.39, 0.29) is 19.1 Å². The van der Waals surface area contributed by atoms with E-state index in [0.717, 1.165) is 16.7 Å². The summed E-state index contributed by atoms with van der Waals surface area (Å²) in [5.41, 5.74) is 3.18. The first-order valence-electron chi connectivity index (χ1n) is 6.06. The van der Waals surface area contributed by atoms with Crippen molar-refractivity contribution in [2.24, 2.45) is 0 Å². The molecular weight excluding hydrogens is 246 g/mol. The summed E-state index contributed by atoms with van der Waals surface area (Å²) in [5, 5.41) is 17.7. The van der Waals surface area contributed by atoms with Gasteiger partial charge < -0.3 is 10.2 Å². The van der Waals surface area contributed by atoms with E-state index in [1.165, 1.54) is 4.90 Å². The molecule has 1 unspecified atom stereocenters. The maximum atomic E-state index is 10.8. The van der Waals surface area contributed by atoms with Crippen molar-refractivity contribution >= 4 is 11.9 Å². The first-order chi connectivity index (χ1) is 8.81. The zero-order chi connectivity index (χ0) is 14.6. The van der Waals surface area contributed by atoms with E-state index in [1.807, 2.05) is 39.0 Å². The van der Waals surface area contributed by atoms with Gasteiger partial charge in [0.05, 0.1) is 13.1 Å². The zero-order valence-electron chi connectivity index (χ0n) is 11.4. The van der Waals surface area contributed by atoms with Gasteiger partial charge in [-0.05, 0) is 37.5 Å². The van der Waals surface area contributed by atoms with Crippen LogP contribution in [0.4, 0.5) is 0 Å². The molecule has 2 N–H and O–H groups in total. The molecule has 19 heavy (non-hydrogen) atoms. The number of rotatable bonds is 6. The minimum absolute atomic E-state index is 0.258. The maximum absolute atomic E-state index is 10.8. The van der Waals surface area contributed by atoms with Crippen LogP contribution in [0.2, 0.25) is 0 Å². The Morgan fingerprint density at radius 3 is 2.05 bits per heavy atom. The zero-order valence-corrected chi connectivity index (χ0v) is 11.4. The van der Waals surface area contributed by atoms with E-state index in [4.69, 9.17) is 10.2 Å². The Bertz CT molecular complexity index is 468. The molecule has 0 spiro atoms. The first-order valence-corrected chi connectivity index (χ1v) is 6.06. The Kier molecular flexibility index (Phi) is 5.06. The van der Waals surface area contributed by atoms with Crippen molar-refractivity contribution in [2.75, 3.05) is 13.1 Å². The molecule has 0 saturated heterocycles. The van der Waals surface area contributed by atoms with E-state index < -0.39 is 11.9 Å². The third-order valence-corrected chi connectivity index (χ3v) is 3.24. The Morgan fingerprint density at radius 2 is 1.63 bits per heavy atom. The second kappa shape index (κ2) is 6.33. The highest BCUT2D eigenvalue weighted by atomic mass is 16.4. The molecule has 1 aromatic rings. The predicted molar refractivity (Wildman–Crippen MR) is 71.2 cm³/mol. The minimum atomic E-state index is -1.03. The van der Waals surface area contributed by atoms with Gasteiger partial charge in [-0.25, -0.2) is 0 Å². The smallest absolute Gasteiger partial charge is 0.317 e. The standard InChI is InChI=1S/C14H19NO4/c1-9-4-5-12(6-10(9)2)11(3)15(7-13(16)17)8-14(18)19/h4-6,11H,7-8H2,1-3H3,(H,16,17)(H,18,19). The van der Waals surface area contributed by atoms with Crippen LogP contribution in [-0.4, -0.2) is 40.1 Å². The second-order valence-corrected chi connectivity index (χ2v) is 4.71. The SMILES string of the molecule is Cc1ccc(C(C)N(CC(=O)O)CC(=O)O)cc1C. The molecule has 0 fully saturated rings. The lowest BCUT2D eigenvalue weighted by atomic mass is 10.0. The summed E-state index contributed by atoms with van der Waals surface area (Å²) in [6.07, 6.45) is 0. The Hall–Kier alpha value is -1.88. The van der Waals surface area contributed by atoms with Gasteiger partial charge in [-0.3, -0.25) is 14.5 Å². The predicted octanol–water partition coefficient (Wildman–Crippen LogP) is 1.84. The van der Waals surface area contributed by atoms with Crippen LogP contribution in [0.3, 0.4) is 0 Å². The van der Waals surface area contributed by atoms with Gasteiger partial charge in [0.1, 0.15) is 0 Å². The van der Waals surface area contributed by atoms with Crippen LogP contribution in [0.5, 0.6) is 0 Å². The second-order valence-electron chi connectivity index (χ2n) is 4.71. The summed E-state index contributed by atoms with van der Waals surface area (Å²) in [6.45, 7) is 5.21. The van der Waals surface area contributed by atoms with Gasteiger partial charge in [-0.2, -0.15) is 0 Å². The van der Waals surface area contributed by atoms with E-state index in [1.54, 1.807) is 0 Å². The molecule has 5 nitrogen and oxygen atoms in total. The maximum Gasteiger partial charge on any atom is 0.317 e. The van der Waals surface area contributed by atoms with Gasteiger partial charge in [0.15, 0.2) is 0 Å². The van der Waals surface area contributed by atoms with Crippen molar-refractivity contribution in [3.8, 4) is 0 Å². The molecular formula is C14H19NO4. The summed E-state index contributed by atoms with van der Waals surface area (Å²) in [4.78, 5) is 23.1. The van der Waals surface area contributed by atoms with Crippen LogP contribution >= 0.6 is 0 Å². The van der Waals surface area contributed by atoms with Gasteiger partial charge in [-0.15, -0.1) is 0 Å². The van der Waals surface area contributed by atoms with Crippen LogP contribution in [-0.2, 0) is 9.59 Å². The number of carbonyl (C=O) groups is 2. The molecule has 0 aliphatic rings. The van der Waals surface area contributed by atoms with Crippen molar-refractivity contribution in [3.05, 3.63) is 34.9 Å². The molecule has 0 heterocycles. The Balaban J connectivity index is 2.96. The number of hydrogen-bond donors (Lipinski definition) is 2. The van der Waals surface area contributed by atoms with Gasteiger partial charge >= 0.3 is 11.9 Å². The topological polar surface area (TPSA) is 77.8 Å². The van der Waals surface area contributed by atoms with Gasteiger partial charge in [0, 0.05) is 6.04 Å². The number of carboxylic acid groups (broad SMARTS) is 2. The Morgan fingerprint density at radius 1 is 1.11 bits per heavy atom. The normalized spacial score (nSPS) is 12.4. The number of carboxylic acids is 2. The van der Waals surface area contributed by atoms with E-state index >= 15 is 0 Å². The summed E-state index contributed by atoms with van der Waals surface area (Å²) < 4.78 is 0. The molecule has 1 rings (SSSR count). The van der Waals surface area contributed by atoms with Crippen LogP contribution in [0, 0.1) is 13.8 Å². The van der Waals surface area contributed by atoms with Crippen molar-refractivity contribution < 1.29 is 19.8 Å². The molecule has 1 atom stereocenters. The van der Waals surface area contributed by atoms with E-state index in [9.17, 15) is 9.59 Å². The third kappa shape index (κ3) is 4.37. The van der Waals surface area contributed by atoms with Gasteiger partial charge in [-0.1, -0.05) is 18.2 Å². The quantitative estimate of drug-likeness (QED) is 0.820. The van der Waals surface area contributed by atoms with Crippen LogP contribution in [0.25, 0.3) is 0 Å². The number of benzene rings is 1. The third-order valence-electron chi connectivity index (χ3n) is 3.24. The summed E-state index contributed by atoms with van der Waals surface area (Å²) in [7, 11) is 0. The first kappa shape index (κ1) is 15.2. The number of aliphatic carboxylic acids is 2. The molecule has 0 aliphatic heterocycles. The molecule has 0 saturated carbocycles. The van der Waals surface area contributed by atoms with Crippen LogP contribution < -0.4 is 0 Å². The molecule has 0 radical (unpaired) electrons. The lowest BCUT2D eigenvalue weighted by Crippen LogP contribution is -2.36. The number of hydrogen-bond acceptors (Lipinski definition) is 3. The van der Waals surface area contributed by atoms with Crippen molar-refractivity contribution in [1.82, 2.24) is 4.90 Å². The molecule has 0 bridgehead atoms. The number of nitrogens with zero attached hydrogens (tertiary/aromatic N) is 1. The highest BCUT2D eigenvalue weighted by Crippen LogP contribution is 2.22. The average molecular weight is 265 g/mol. The molecule has 0 amide bonds. The van der Waals surface area contributed by atoms with Gasteiger partial charge in [0.25, 0.3) is 0 Å². The molecule has 0 aromatic heterocycles. The fourth-order valence-electron chi connectivity index (χ4n) is 1.91.